The van der Waals surface area contributed by atoms with Gasteiger partial charge >= 0.3 is 0 Å². The van der Waals surface area contributed by atoms with Gasteiger partial charge in [-0.25, -0.2) is 14.4 Å². The van der Waals surface area contributed by atoms with Gasteiger partial charge in [-0.15, -0.1) is 0 Å². The predicted molar refractivity (Wildman–Crippen MR) is 148 cm³/mol. The summed E-state index contributed by atoms with van der Waals surface area (Å²) in [6, 6.07) is 10.8. The number of hydrogen-bond donors (Lipinski definition) is 2. The van der Waals surface area contributed by atoms with Gasteiger partial charge in [0.1, 0.15) is 23.7 Å². The number of aryl methyl sites for hydroxylation is 1. The largest absolute Gasteiger partial charge is 0.486 e. The molecule has 0 saturated heterocycles. The lowest BCUT2D eigenvalue weighted by Crippen LogP contribution is -2.23. The number of nitrogens with one attached hydrogen (secondary N) is 1. The fourth-order valence-corrected chi connectivity index (χ4v) is 4.36. The minimum absolute atomic E-state index is 0.00466. The number of benzene rings is 1. The third kappa shape index (κ3) is 5.08. The van der Waals surface area contributed by atoms with Crippen molar-refractivity contribution in [3.8, 4) is 11.6 Å². The Morgan fingerprint density at radius 1 is 1.26 bits per heavy atom. The van der Waals surface area contributed by atoms with Crippen molar-refractivity contribution in [2.45, 2.75) is 27.0 Å². The van der Waals surface area contributed by atoms with E-state index >= 15 is 4.39 Å². The van der Waals surface area contributed by atoms with Gasteiger partial charge in [0, 0.05) is 46.7 Å². The number of pyridine rings is 3. The number of para-hydroxylation sites is 1. The van der Waals surface area contributed by atoms with Gasteiger partial charge in [0.25, 0.3) is 5.56 Å². The van der Waals surface area contributed by atoms with E-state index < -0.39 is 11.4 Å². The van der Waals surface area contributed by atoms with Crippen molar-refractivity contribution in [1.29, 1.82) is 0 Å². The fourth-order valence-electron chi connectivity index (χ4n) is 4.36. The Hall–Kier alpha value is -4.66. The van der Waals surface area contributed by atoms with E-state index in [4.69, 9.17) is 20.2 Å². The number of aromatic nitrogens is 3. The van der Waals surface area contributed by atoms with Crippen LogP contribution >= 0.6 is 0 Å². The van der Waals surface area contributed by atoms with E-state index in [0.717, 1.165) is 34.1 Å². The first kappa shape index (κ1) is 26.4. The van der Waals surface area contributed by atoms with E-state index in [-0.39, 0.29) is 30.3 Å². The van der Waals surface area contributed by atoms with Crippen molar-refractivity contribution in [1.82, 2.24) is 19.9 Å². The molecule has 0 aliphatic rings. The van der Waals surface area contributed by atoms with Gasteiger partial charge in [-0.05, 0) is 43.7 Å². The first-order chi connectivity index (χ1) is 18.3. The zero-order valence-corrected chi connectivity index (χ0v) is 21.8. The summed E-state index contributed by atoms with van der Waals surface area (Å²) in [5.74, 6) is 0.100. The molecule has 0 spiro atoms. The molecule has 0 fully saturated rings. The number of fused-ring (bicyclic) bond motifs is 1. The summed E-state index contributed by atoms with van der Waals surface area (Å²) in [6.07, 6.45) is 4.44. The molecule has 0 aliphatic heterocycles. The van der Waals surface area contributed by atoms with Crippen LogP contribution in [-0.2, 0) is 13.2 Å². The Morgan fingerprint density at radius 3 is 2.76 bits per heavy atom. The third-order valence-electron chi connectivity index (χ3n) is 6.30. The topological polar surface area (TPSA) is 104 Å². The number of rotatable bonds is 9. The Bertz CT molecular complexity index is 1610. The fraction of sp³-hybridized carbons (Fsp3) is 0.207. The zero-order valence-electron chi connectivity index (χ0n) is 21.8. The lowest BCUT2D eigenvalue weighted by atomic mass is 10.0. The SMILES string of the molecule is C=C/C(C)=C(\NC)c1cc(C)nc2c(OCc3c(F)cnc(OC)c3Cn3cccc(N)c3=O)cccc12. The number of anilines is 1. The summed E-state index contributed by atoms with van der Waals surface area (Å²) in [7, 11) is 3.30. The first-order valence-electron chi connectivity index (χ1n) is 12.0. The van der Waals surface area contributed by atoms with Crippen molar-refractivity contribution >= 4 is 22.3 Å². The minimum atomic E-state index is -0.579. The van der Waals surface area contributed by atoms with Crippen LogP contribution in [0.3, 0.4) is 0 Å². The van der Waals surface area contributed by atoms with Crippen molar-refractivity contribution in [3.63, 3.8) is 0 Å². The average molecular weight is 516 g/mol. The van der Waals surface area contributed by atoms with Crippen LogP contribution in [0.25, 0.3) is 16.6 Å². The maximum Gasteiger partial charge on any atom is 0.273 e. The Labute approximate surface area is 220 Å². The highest BCUT2D eigenvalue weighted by molar-refractivity contribution is 5.95. The highest BCUT2D eigenvalue weighted by atomic mass is 19.1. The third-order valence-corrected chi connectivity index (χ3v) is 6.30. The van der Waals surface area contributed by atoms with E-state index in [1.807, 2.05) is 39.1 Å². The van der Waals surface area contributed by atoms with Crippen LogP contribution in [0.4, 0.5) is 10.1 Å². The van der Waals surface area contributed by atoms with Gasteiger partial charge in [0.05, 0.1) is 25.5 Å². The van der Waals surface area contributed by atoms with E-state index in [9.17, 15) is 4.79 Å². The molecule has 0 unspecified atom stereocenters. The van der Waals surface area contributed by atoms with Crippen LogP contribution < -0.4 is 26.1 Å². The van der Waals surface area contributed by atoms with Crippen LogP contribution in [0.2, 0.25) is 0 Å². The molecule has 0 saturated carbocycles. The zero-order chi connectivity index (χ0) is 27.4. The van der Waals surface area contributed by atoms with Gasteiger partial charge in [-0.2, -0.15) is 0 Å². The molecule has 4 rings (SSSR count). The van der Waals surface area contributed by atoms with Crippen molar-refractivity contribution < 1.29 is 13.9 Å². The van der Waals surface area contributed by atoms with Crippen molar-refractivity contribution in [2.75, 3.05) is 19.9 Å². The summed E-state index contributed by atoms with van der Waals surface area (Å²) in [4.78, 5) is 21.3. The summed E-state index contributed by atoms with van der Waals surface area (Å²) in [5, 5.41) is 4.13. The molecule has 196 valence electrons. The maximum atomic E-state index is 15.1. The molecule has 0 amide bonds. The van der Waals surface area contributed by atoms with Crippen LogP contribution in [-0.4, -0.2) is 28.7 Å². The van der Waals surface area contributed by atoms with Gasteiger partial charge in [-0.3, -0.25) is 4.79 Å². The average Bonchev–Trinajstić information content (AvgIpc) is 2.91. The second-order valence-corrected chi connectivity index (χ2v) is 8.73. The number of allylic oxidation sites excluding steroid dienone is 2. The molecular formula is C29H30FN5O3. The Morgan fingerprint density at radius 2 is 2.05 bits per heavy atom. The molecule has 1 aromatic carbocycles. The number of methoxy groups -OCH3 is 1. The molecule has 0 bridgehead atoms. The first-order valence-corrected chi connectivity index (χ1v) is 12.0. The summed E-state index contributed by atoms with van der Waals surface area (Å²) < 4.78 is 28.1. The van der Waals surface area contributed by atoms with Gasteiger partial charge in [-0.1, -0.05) is 24.8 Å². The highest BCUT2D eigenvalue weighted by Crippen LogP contribution is 2.32. The number of nitrogens with two attached hydrogens (primary N) is 1. The second-order valence-electron chi connectivity index (χ2n) is 8.73. The van der Waals surface area contributed by atoms with Crippen molar-refractivity contribution in [3.05, 3.63) is 106 Å². The molecule has 3 aromatic heterocycles. The molecule has 0 aliphatic carbocycles. The summed E-state index contributed by atoms with van der Waals surface area (Å²) in [5.41, 5.74) is 10.4. The summed E-state index contributed by atoms with van der Waals surface area (Å²) in [6.45, 7) is 7.65. The smallest absolute Gasteiger partial charge is 0.273 e. The van der Waals surface area contributed by atoms with E-state index in [1.165, 1.54) is 17.7 Å². The lowest BCUT2D eigenvalue weighted by Gasteiger charge is -2.18. The van der Waals surface area contributed by atoms with E-state index in [1.54, 1.807) is 24.4 Å². The van der Waals surface area contributed by atoms with E-state index in [2.05, 4.69) is 16.9 Å². The Kier molecular flexibility index (Phi) is 7.76. The standard InChI is InChI=1S/C29H30FN5O3/c1-6-17(2)26(32-4)20-13-18(3)34-27-19(20)9-7-11-25(27)38-16-22-21(28(37-5)33-14-23(22)30)15-35-12-8-10-24(31)29(35)36/h6-14,32H,1,15-16,31H2,2-5H3/b26-17-. The molecule has 3 N–H and O–H groups in total. The molecule has 9 heteroatoms. The summed E-state index contributed by atoms with van der Waals surface area (Å²) >= 11 is 0. The number of hydrogen-bond acceptors (Lipinski definition) is 7. The molecule has 0 radical (unpaired) electrons. The molecule has 0 atom stereocenters. The maximum absolute atomic E-state index is 15.1. The van der Waals surface area contributed by atoms with Crippen molar-refractivity contribution in [2.24, 2.45) is 0 Å². The van der Waals surface area contributed by atoms with Gasteiger partial charge in [0.15, 0.2) is 0 Å². The Balaban J connectivity index is 1.78. The molecular weight excluding hydrogens is 485 g/mol. The monoisotopic (exact) mass is 515 g/mol. The van der Waals surface area contributed by atoms with E-state index in [0.29, 0.717) is 16.8 Å². The van der Waals surface area contributed by atoms with Crippen LogP contribution in [0.5, 0.6) is 11.6 Å². The predicted octanol–water partition coefficient (Wildman–Crippen LogP) is 4.59. The van der Waals surface area contributed by atoms with Gasteiger partial charge < -0.3 is 25.1 Å². The second kappa shape index (κ2) is 11.2. The lowest BCUT2D eigenvalue weighted by molar-refractivity contribution is 0.297. The van der Waals surface area contributed by atoms with Crippen LogP contribution in [0.15, 0.2) is 71.8 Å². The number of nitrogen functional groups attached to an aromatic ring is 1. The normalized spacial score (nSPS) is 11.7. The minimum Gasteiger partial charge on any atom is -0.486 e. The molecule has 3 heterocycles. The molecule has 38 heavy (non-hydrogen) atoms. The number of nitrogens with zero attached hydrogens (tertiary/aromatic N) is 3. The highest BCUT2D eigenvalue weighted by Gasteiger charge is 2.19. The van der Waals surface area contributed by atoms with Crippen LogP contribution in [0.1, 0.15) is 29.3 Å². The number of halogens is 1. The molecule has 8 nitrogen and oxygen atoms in total. The van der Waals surface area contributed by atoms with Gasteiger partial charge in [0.2, 0.25) is 5.88 Å². The van der Waals surface area contributed by atoms with Crippen LogP contribution in [0, 0.1) is 12.7 Å². The molecule has 4 aromatic rings. The number of ether oxygens (including phenoxy) is 2. The quantitative estimate of drug-likeness (QED) is 0.314.